The van der Waals surface area contributed by atoms with E-state index in [2.05, 4.69) is 5.32 Å². The van der Waals surface area contributed by atoms with Gasteiger partial charge in [-0.05, 0) is 42.2 Å². The number of halogens is 3. The highest BCUT2D eigenvalue weighted by atomic mass is 32.2. The Labute approximate surface area is 120 Å². The maximum absolute atomic E-state index is 12.6. The van der Waals surface area contributed by atoms with Gasteiger partial charge < -0.3 is 5.32 Å². The van der Waals surface area contributed by atoms with Crippen molar-refractivity contribution in [3.8, 4) is 0 Å². The van der Waals surface area contributed by atoms with E-state index in [0.29, 0.717) is 12.2 Å². The molecule has 5 heteroatoms. The maximum atomic E-state index is 12.6. The summed E-state index contributed by atoms with van der Waals surface area (Å²) in [5, 5.41) is 3.00. The van der Waals surface area contributed by atoms with E-state index in [1.54, 1.807) is 17.8 Å². The molecule has 0 bridgehead atoms. The van der Waals surface area contributed by atoms with Crippen molar-refractivity contribution in [2.24, 2.45) is 0 Å². The fourth-order valence-electron chi connectivity index (χ4n) is 1.75. The number of thioether (sulfide) groups is 1. The van der Waals surface area contributed by atoms with Crippen LogP contribution in [0.4, 0.5) is 18.9 Å². The molecular formula is C15H14F3NS. The van der Waals surface area contributed by atoms with Gasteiger partial charge in [-0.1, -0.05) is 18.2 Å². The predicted octanol–water partition coefficient (Wildman–Crippen LogP) is 5.04. The Kier molecular flexibility index (Phi) is 4.60. The van der Waals surface area contributed by atoms with Crippen molar-refractivity contribution in [2.75, 3.05) is 11.6 Å². The Morgan fingerprint density at radius 2 is 1.75 bits per heavy atom. The van der Waals surface area contributed by atoms with Crippen LogP contribution in [0.5, 0.6) is 0 Å². The third-order valence-electron chi connectivity index (χ3n) is 2.85. The third kappa shape index (κ3) is 3.93. The monoisotopic (exact) mass is 297 g/mol. The molecule has 1 nitrogen and oxygen atoms in total. The molecule has 0 aliphatic heterocycles. The molecule has 0 heterocycles. The van der Waals surface area contributed by atoms with Crippen molar-refractivity contribution in [3.05, 3.63) is 59.7 Å². The predicted molar refractivity (Wildman–Crippen MR) is 77.0 cm³/mol. The van der Waals surface area contributed by atoms with Gasteiger partial charge in [-0.2, -0.15) is 13.2 Å². The standard InChI is InChI=1S/C15H14F3NS/c1-20-14-7-5-11(6-8-14)10-19-13-4-2-3-12(9-13)15(16,17)18/h2-9,19H,10H2,1H3. The van der Waals surface area contributed by atoms with E-state index in [4.69, 9.17) is 0 Å². The molecule has 106 valence electrons. The average molecular weight is 297 g/mol. The SMILES string of the molecule is CSc1ccc(CNc2cccc(C(F)(F)F)c2)cc1. The van der Waals surface area contributed by atoms with Gasteiger partial charge in [0.05, 0.1) is 5.56 Å². The molecule has 0 radical (unpaired) electrons. The van der Waals surface area contributed by atoms with Crippen LogP contribution >= 0.6 is 11.8 Å². The fourth-order valence-corrected chi connectivity index (χ4v) is 2.16. The lowest BCUT2D eigenvalue weighted by Gasteiger charge is -2.11. The first-order chi connectivity index (χ1) is 9.49. The van der Waals surface area contributed by atoms with Crippen LogP contribution in [0.25, 0.3) is 0 Å². The summed E-state index contributed by atoms with van der Waals surface area (Å²) in [7, 11) is 0. The second kappa shape index (κ2) is 6.22. The van der Waals surface area contributed by atoms with Gasteiger partial charge in [0.15, 0.2) is 0 Å². The number of hydrogen-bond acceptors (Lipinski definition) is 2. The quantitative estimate of drug-likeness (QED) is 0.793. The minimum atomic E-state index is -4.31. The van der Waals surface area contributed by atoms with Crippen LogP contribution in [0, 0.1) is 0 Å². The molecule has 0 atom stereocenters. The van der Waals surface area contributed by atoms with Gasteiger partial charge in [0.25, 0.3) is 0 Å². The summed E-state index contributed by atoms with van der Waals surface area (Å²) in [5.74, 6) is 0. The molecular weight excluding hydrogens is 283 g/mol. The molecule has 20 heavy (non-hydrogen) atoms. The van der Waals surface area contributed by atoms with Crippen molar-refractivity contribution in [1.29, 1.82) is 0 Å². The first-order valence-corrected chi connectivity index (χ1v) is 7.25. The number of hydrogen-bond donors (Lipinski definition) is 1. The van der Waals surface area contributed by atoms with E-state index < -0.39 is 11.7 Å². The third-order valence-corrected chi connectivity index (χ3v) is 3.59. The summed E-state index contributed by atoms with van der Waals surface area (Å²) < 4.78 is 37.8. The first kappa shape index (κ1) is 14.8. The topological polar surface area (TPSA) is 12.0 Å². The highest BCUT2D eigenvalue weighted by molar-refractivity contribution is 7.98. The molecule has 0 amide bonds. The van der Waals surface area contributed by atoms with Gasteiger partial charge >= 0.3 is 6.18 Å². The average Bonchev–Trinajstić information content (AvgIpc) is 2.45. The summed E-state index contributed by atoms with van der Waals surface area (Å²) in [6, 6.07) is 13.1. The molecule has 2 aromatic rings. The lowest BCUT2D eigenvalue weighted by atomic mass is 10.2. The van der Waals surface area contributed by atoms with E-state index in [1.807, 2.05) is 30.5 Å². The molecule has 0 saturated heterocycles. The minimum Gasteiger partial charge on any atom is -0.381 e. The van der Waals surface area contributed by atoms with E-state index in [1.165, 1.54) is 6.07 Å². The Hall–Kier alpha value is -1.62. The van der Waals surface area contributed by atoms with Crippen LogP contribution in [0.3, 0.4) is 0 Å². The molecule has 0 aliphatic carbocycles. The Morgan fingerprint density at radius 1 is 1.05 bits per heavy atom. The lowest BCUT2D eigenvalue weighted by Crippen LogP contribution is -2.06. The van der Waals surface area contributed by atoms with E-state index in [0.717, 1.165) is 22.6 Å². The fraction of sp³-hybridized carbons (Fsp3) is 0.200. The van der Waals surface area contributed by atoms with Crippen LogP contribution in [0.15, 0.2) is 53.4 Å². The Bertz CT molecular complexity index is 564. The second-order valence-corrected chi connectivity index (χ2v) is 5.16. The van der Waals surface area contributed by atoms with E-state index in [-0.39, 0.29) is 0 Å². The summed E-state index contributed by atoms with van der Waals surface area (Å²) >= 11 is 1.65. The van der Waals surface area contributed by atoms with Crippen LogP contribution in [0.1, 0.15) is 11.1 Å². The largest absolute Gasteiger partial charge is 0.416 e. The van der Waals surface area contributed by atoms with Gasteiger partial charge in [-0.25, -0.2) is 0 Å². The van der Waals surface area contributed by atoms with Crippen LogP contribution < -0.4 is 5.32 Å². The van der Waals surface area contributed by atoms with Crippen LogP contribution in [0.2, 0.25) is 0 Å². The number of anilines is 1. The van der Waals surface area contributed by atoms with Gasteiger partial charge in [-0.15, -0.1) is 11.8 Å². The smallest absolute Gasteiger partial charge is 0.381 e. The van der Waals surface area contributed by atoms with Crippen molar-refractivity contribution in [3.63, 3.8) is 0 Å². The van der Waals surface area contributed by atoms with Crippen molar-refractivity contribution in [1.82, 2.24) is 0 Å². The zero-order valence-electron chi connectivity index (χ0n) is 10.9. The molecule has 2 aromatic carbocycles. The molecule has 0 aliphatic rings. The number of rotatable bonds is 4. The summed E-state index contributed by atoms with van der Waals surface area (Å²) in [6.45, 7) is 0.496. The molecule has 0 unspecified atom stereocenters. The Morgan fingerprint density at radius 3 is 2.35 bits per heavy atom. The molecule has 0 spiro atoms. The van der Waals surface area contributed by atoms with E-state index in [9.17, 15) is 13.2 Å². The number of benzene rings is 2. The molecule has 2 rings (SSSR count). The summed E-state index contributed by atoms with van der Waals surface area (Å²) in [4.78, 5) is 1.16. The van der Waals surface area contributed by atoms with Crippen molar-refractivity contribution >= 4 is 17.4 Å². The zero-order valence-corrected chi connectivity index (χ0v) is 11.7. The second-order valence-electron chi connectivity index (χ2n) is 4.28. The van der Waals surface area contributed by atoms with Crippen molar-refractivity contribution in [2.45, 2.75) is 17.6 Å². The van der Waals surface area contributed by atoms with Crippen LogP contribution in [-0.4, -0.2) is 6.26 Å². The molecule has 0 saturated carbocycles. The molecule has 0 fully saturated rings. The summed E-state index contributed by atoms with van der Waals surface area (Å²) in [5.41, 5.74) is 0.856. The first-order valence-electron chi connectivity index (χ1n) is 6.03. The van der Waals surface area contributed by atoms with Gasteiger partial charge in [0, 0.05) is 17.1 Å². The normalized spacial score (nSPS) is 11.4. The van der Waals surface area contributed by atoms with Crippen molar-refractivity contribution < 1.29 is 13.2 Å². The number of alkyl halides is 3. The van der Waals surface area contributed by atoms with Gasteiger partial charge in [-0.3, -0.25) is 0 Å². The van der Waals surface area contributed by atoms with Gasteiger partial charge in [0.1, 0.15) is 0 Å². The highest BCUT2D eigenvalue weighted by Gasteiger charge is 2.30. The lowest BCUT2D eigenvalue weighted by molar-refractivity contribution is -0.137. The summed E-state index contributed by atoms with van der Waals surface area (Å²) in [6.07, 6.45) is -2.31. The number of nitrogens with one attached hydrogen (secondary N) is 1. The van der Waals surface area contributed by atoms with Gasteiger partial charge in [0.2, 0.25) is 0 Å². The Balaban J connectivity index is 2.03. The molecule has 0 aromatic heterocycles. The maximum Gasteiger partial charge on any atom is 0.416 e. The highest BCUT2D eigenvalue weighted by Crippen LogP contribution is 2.30. The zero-order chi connectivity index (χ0) is 14.6. The van der Waals surface area contributed by atoms with Crippen LogP contribution in [-0.2, 0) is 12.7 Å². The molecule has 1 N–H and O–H groups in total. The van der Waals surface area contributed by atoms with E-state index >= 15 is 0 Å². The minimum absolute atomic E-state index is 0.466.